The van der Waals surface area contributed by atoms with Gasteiger partial charge >= 0.3 is 6.03 Å². The summed E-state index contributed by atoms with van der Waals surface area (Å²) in [4.78, 5) is 18.1. The number of likely N-dealkylation sites (N-methyl/N-ethyl adjacent to an activating group) is 1. The highest BCUT2D eigenvalue weighted by Gasteiger charge is 2.25. The highest BCUT2D eigenvalue weighted by molar-refractivity contribution is 7.10. The van der Waals surface area contributed by atoms with Crippen LogP contribution in [0.3, 0.4) is 0 Å². The lowest BCUT2D eigenvalue weighted by Crippen LogP contribution is -2.48. The van der Waals surface area contributed by atoms with E-state index < -0.39 is 5.82 Å². The number of nitrogens with zero attached hydrogens (tertiary/aromatic N) is 2. The molecule has 2 N–H and O–H groups in total. The smallest absolute Gasteiger partial charge is 0.319 e. The first kappa shape index (κ1) is 17.8. The fraction of sp³-hybridized carbons (Fsp3) is 0.389. The maximum absolute atomic E-state index is 13.6. The highest BCUT2D eigenvalue weighted by atomic mass is 32.1. The van der Waals surface area contributed by atoms with E-state index in [2.05, 4.69) is 38.9 Å². The second-order valence-electron chi connectivity index (χ2n) is 6.19. The van der Waals surface area contributed by atoms with E-state index in [1.807, 2.05) is 6.07 Å². The number of piperazine rings is 1. The van der Waals surface area contributed by atoms with E-state index in [4.69, 9.17) is 0 Å². The number of benzene rings is 1. The number of halogens is 1. The second kappa shape index (κ2) is 8.42. The van der Waals surface area contributed by atoms with Gasteiger partial charge in [-0.05, 0) is 30.6 Å². The lowest BCUT2D eigenvalue weighted by Gasteiger charge is -2.37. The molecule has 0 saturated carbocycles. The molecule has 0 spiro atoms. The van der Waals surface area contributed by atoms with Crippen LogP contribution < -0.4 is 10.6 Å². The molecule has 1 aliphatic rings. The van der Waals surface area contributed by atoms with Crippen molar-refractivity contribution in [1.29, 1.82) is 0 Å². The lowest BCUT2D eigenvalue weighted by molar-refractivity contribution is 0.113. The van der Waals surface area contributed by atoms with E-state index in [-0.39, 0.29) is 17.8 Å². The number of amides is 2. The van der Waals surface area contributed by atoms with Gasteiger partial charge < -0.3 is 15.5 Å². The summed E-state index contributed by atoms with van der Waals surface area (Å²) in [5.41, 5.74) is 0.187. The van der Waals surface area contributed by atoms with Crippen LogP contribution in [0.4, 0.5) is 14.9 Å². The first-order valence-corrected chi connectivity index (χ1v) is 9.27. The highest BCUT2D eigenvalue weighted by Crippen LogP contribution is 2.25. The normalized spacial score (nSPS) is 17.2. The van der Waals surface area contributed by atoms with Crippen molar-refractivity contribution in [2.75, 3.05) is 45.1 Å². The molecule has 2 heterocycles. The molecule has 0 radical (unpaired) electrons. The largest absolute Gasteiger partial charge is 0.336 e. The van der Waals surface area contributed by atoms with E-state index in [1.54, 1.807) is 29.5 Å². The number of para-hydroxylation sites is 1. The summed E-state index contributed by atoms with van der Waals surface area (Å²) in [6.45, 7) is 4.46. The molecule has 2 aromatic rings. The first-order valence-electron chi connectivity index (χ1n) is 8.39. The standard InChI is InChI=1S/C18H23FN4OS/c1-22-8-10-23(11-9-22)16(17-7-4-12-25-17)13-20-18(24)21-15-6-3-2-5-14(15)19/h2-7,12,16H,8-11,13H2,1H3,(H2,20,21,24)/t16-/m0/s1. The van der Waals surface area contributed by atoms with Crippen LogP contribution in [0.1, 0.15) is 10.9 Å². The van der Waals surface area contributed by atoms with E-state index in [1.165, 1.54) is 10.9 Å². The van der Waals surface area contributed by atoms with Crippen molar-refractivity contribution in [3.63, 3.8) is 0 Å². The fourth-order valence-electron chi connectivity index (χ4n) is 2.94. The Balaban J connectivity index is 1.61. The molecular formula is C18H23FN4OS. The van der Waals surface area contributed by atoms with Gasteiger partial charge in [0, 0.05) is 37.6 Å². The minimum atomic E-state index is -0.438. The third-order valence-electron chi connectivity index (χ3n) is 4.43. The number of hydrogen-bond acceptors (Lipinski definition) is 4. The summed E-state index contributed by atoms with van der Waals surface area (Å²) in [6.07, 6.45) is 0. The number of nitrogens with one attached hydrogen (secondary N) is 2. The predicted octanol–water partition coefficient (Wildman–Crippen LogP) is 3.00. The summed E-state index contributed by atoms with van der Waals surface area (Å²) in [5, 5.41) is 7.52. The van der Waals surface area contributed by atoms with Crippen molar-refractivity contribution >= 4 is 23.1 Å². The van der Waals surface area contributed by atoms with E-state index in [9.17, 15) is 9.18 Å². The molecule has 1 aromatic carbocycles. The van der Waals surface area contributed by atoms with Crippen LogP contribution in [0.25, 0.3) is 0 Å². The second-order valence-corrected chi connectivity index (χ2v) is 7.16. The number of thiophene rings is 1. The van der Waals surface area contributed by atoms with Gasteiger partial charge in [0.05, 0.1) is 11.7 Å². The zero-order valence-electron chi connectivity index (χ0n) is 14.2. The lowest BCUT2D eigenvalue weighted by atomic mass is 10.1. The van der Waals surface area contributed by atoms with Gasteiger partial charge in [-0.3, -0.25) is 4.90 Å². The van der Waals surface area contributed by atoms with Crippen molar-refractivity contribution in [3.8, 4) is 0 Å². The molecular weight excluding hydrogens is 339 g/mol. The van der Waals surface area contributed by atoms with Crippen molar-refractivity contribution in [1.82, 2.24) is 15.1 Å². The average molecular weight is 362 g/mol. The van der Waals surface area contributed by atoms with Gasteiger partial charge in [0.1, 0.15) is 5.82 Å². The maximum atomic E-state index is 13.6. The van der Waals surface area contributed by atoms with Gasteiger partial charge in [-0.25, -0.2) is 9.18 Å². The molecule has 1 aromatic heterocycles. The minimum absolute atomic E-state index is 0.139. The molecule has 5 nitrogen and oxygen atoms in total. The van der Waals surface area contributed by atoms with Crippen molar-refractivity contribution in [2.45, 2.75) is 6.04 Å². The minimum Gasteiger partial charge on any atom is -0.336 e. The van der Waals surface area contributed by atoms with Crippen LogP contribution in [0.5, 0.6) is 0 Å². The molecule has 2 amide bonds. The topological polar surface area (TPSA) is 47.6 Å². The fourth-order valence-corrected chi connectivity index (χ4v) is 3.80. The van der Waals surface area contributed by atoms with Crippen LogP contribution in [-0.2, 0) is 0 Å². The zero-order valence-corrected chi connectivity index (χ0v) is 15.1. The molecule has 7 heteroatoms. The molecule has 0 bridgehead atoms. The molecule has 1 fully saturated rings. The van der Waals surface area contributed by atoms with Gasteiger partial charge in [0.15, 0.2) is 0 Å². The molecule has 1 aliphatic heterocycles. The molecule has 3 rings (SSSR count). The quantitative estimate of drug-likeness (QED) is 0.860. The van der Waals surface area contributed by atoms with E-state index >= 15 is 0 Å². The predicted molar refractivity (Wildman–Crippen MR) is 99.6 cm³/mol. The third-order valence-corrected chi connectivity index (χ3v) is 5.40. The summed E-state index contributed by atoms with van der Waals surface area (Å²) in [5.74, 6) is -0.438. The number of urea groups is 1. The van der Waals surface area contributed by atoms with Gasteiger partial charge in [0.2, 0.25) is 0 Å². The molecule has 0 aliphatic carbocycles. The van der Waals surface area contributed by atoms with E-state index in [0.717, 1.165) is 26.2 Å². The summed E-state index contributed by atoms with van der Waals surface area (Å²) in [7, 11) is 2.12. The number of carbonyl (C=O) groups excluding carboxylic acids is 1. The molecule has 1 atom stereocenters. The van der Waals surface area contributed by atoms with Gasteiger partial charge in [-0.2, -0.15) is 0 Å². The van der Waals surface area contributed by atoms with Crippen molar-refractivity contribution in [2.24, 2.45) is 0 Å². The third kappa shape index (κ3) is 4.78. The monoisotopic (exact) mass is 362 g/mol. The van der Waals surface area contributed by atoms with Crippen LogP contribution >= 0.6 is 11.3 Å². The van der Waals surface area contributed by atoms with Gasteiger partial charge in [0.25, 0.3) is 0 Å². The Bertz CT molecular complexity index is 686. The van der Waals surface area contributed by atoms with Crippen LogP contribution in [0, 0.1) is 5.82 Å². The Hall–Kier alpha value is -1.96. The van der Waals surface area contributed by atoms with E-state index in [0.29, 0.717) is 6.54 Å². The molecule has 0 unspecified atom stereocenters. The maximum Gasteiger partial charge on any atom is 0.319 e. The van der Waals surface area contributed by atoms with Crippen LogP contribution in [-0.4, -0.2) is 55.6 Å². The Labute approximate surface area is 151 Å². The summed E-state index contributed by atoms with van der Waals surface area (Å²) in [6, 6.07) is 10.0. The Morgan fingerprint density at radius 1 is 1.20 bits per heavy atom. The Morgan fingerprint density at radius 2 is 1.96 bits per heavy atom. The SMILES string of the molecule is CN1CCN([C@@H](CNC(=O)Nc2ccccc2F)c2cccs2)CC1. The average Bonchev–Trinajstić information content (AvgIpc) is 3.13. The van der Waals surface area contributed by atoms with Crippen LogP contribution in [0.15, 0.2) is 41.8 Å². The Kier molecular flexibility index (Phi) is 6.01. The first-order chi connectivity index (χ1) is 12.1. The summed E-state index contributed by atoms with van der Waals surface area (Å²) >= 11 is 1.70. The molecule has 134 valence electrons. The van der Waals surface area contributed by atoms with Gasteiger partial charge in [-0.1, -0.05) is 18.2 Å². The number of hydrogen-bond donors (Lipinski definition) is 2. The zero-order chi connectivity index (χ0) is 17.6. The van der Waals surface area contributed by atoms with Gasteiger partial charge in [-0.15, -0.1) is 11.3 Å². The number of rotatable bonds is 5. The molecule has 1 saturated heterocycles. The Morgan fingerprint density at radius 3 is 2.64 bits per heavy atom. The van der Waals surface area contributed by atoms with Crippen LogP contribution in [0.2, 0.25) is 0 Å². The number of anilines is 1. The number of carbonyl (C=O) groups is 1. The van der Waals surface area contributed by atoms with Crippen molar-refractivity contribution in [3.05, 3.63) is 52.5 Å². The summed E-state index contributed by atoms with van der Waals surface area (Å²) < 4.78 is 13.6. The molecule has 25 heavy (non-hydrogen) atoms. The van der Waals surface area contributed by atoms with Crippen molar-refractivity contribution < 1.29 is 9.18 Å².